The van der Waals surface area contributed by atoms with E-state index in [9.17, 15) is 14.4 Å². The Labute approximate surface area is 231 Å². The quantitative estimate of drug-likeness (QED) is 0.353. The van der Waals surface area contributed by atoms with Crippen molar-refractivity contribution in [3.05, 3.63) is 41.3 Å². The van der Waals surface area contributed by atoms with Crippen molar-refractivity contribution in [3.8, 4) is 10.4 Å². The van der Waals surface area contributed by atoms with Crippen LogP contribution >= 0.6 is 23.1 Å². The fraction of sp³-hybridized carbons (Fsp3) is 0.519. The second-order valence-electron chi connectivity index (χ2n) is 9.42. The molecule has 11 heteroatoms. The van der Waals surface area contributed by atoms with Crippen LogP contribution in [-0.4, -0.2) is 56.6 Å². The minimum atomic E-state index is -0.370. The van der Waals surface area contributed by atoms with Gasteiger partial charge in [0.2, 0.25) is 17.7 Å². The number of hydrogen-bond acceptors (Lipinski definition) is 8. The van der Waals surface area contributed by atoms with Crippen LogP contribution in [0.2, 0.25) is 0 Å². The van der Waals surface area contributed by atoms with E-state index >= 15 is 0 Å². The summed E-state index contributed by atoms with van der Waals surface area (Å²) < 4.78 is 10.0. The monoisotopic (exact) mass is 561 g/mol. The lowest BCUT2D eigenvalue weighted by atomic mass is 9.94. The standard InChI is InChI=1S/C27H35N3O6S2/c1-34-18-25(33)28-17-24(32)29-20-8-6-7-19(15-20)21-10-11-22(38-21)27(12-3-5-14-37-27)16-23(31)30-36-26-9-2-4-13-35-26/h6-8,10-11,15,26H,2-5,9,12-14,16-18H2,1H3,(H,28,33)(H,29,32)(H,30,31)/t26?,27-/m0/s1. The molecule has 1 unspecified atom stereocenters. The fourth-order valence-corrected chi connectivity index (χ4v) is 7.45. The van der Waals surface area contributed by atoms with E-state index in [1.165, 1.54) is 7.11 Å². The first-order valence-electron chi connectivity index (χ1n) is 12.9. The van der Waals surface area contributed by atoms with Crippen molar-refractivity contribution in [1.82, 2.24) is 10.8 Å². The van der Waals surface area contributed by atoms with Crippen LogP contribution in [0, 0.1) is 0 Å². The highest BCUT2D eigenvalue weighted by Crippen LogP contribution is 2.51. The topological polar surface area (TPSA) is 115 Å². The van der Waals surface area contributed by atoms with Gasteiger partial charge in [0.1, 0.15) is 6.61 Å². The Kier molecular flexibility index (Phi) is 10.6. The van der Waals surface area contributed by atoms with Crippen LogP contribution in [0.1, 0.15) is 49.8 Å². The smallest absolute Gasteiger partial charge is 0.246 e. The van der Waals surface area contributed by atoms with E-state index in [0.717, 1.165) is 59.6 Å². The maximum absolute atomic E-state index is 12.9. The first-order chi connectivity index (χ1) is 18.5. The van der Waals surface area contributed by atoms with E-state index in [4.69, 9.17) is 14.3 Å². The molecular formula is C27H35N3O6S2. The average Bonchev–Trinajstić information content (AvgIpc) is 3.44. The summed E-state index contributed by atoms with van der Waals surface area (Å²) >= 11 is 3.52. The summed E-state index contributed by atoms with van der Waals surface area (Å²) in [4.78, 5) is 44.4. The number of methoxy groups -OCH3 is 1. The van der Waals surface area contributed by atoms with Gasteiger partial charge in [0.05, 0.1) is 11.3 Å². The van der Waals surface area contributed by atoms with E-state index in [2.05, 4.69) is 28.2 Å². The van der Waals surface area contributed by atoms with Gasteiger partial charge in [-0.15, -0.1) is 23.1 Å². The SMILES string of the molecule is COCC(=O)NCC(=O)Nc1cccc(-c2ccc([C@@]3(CC(=O)NOC4CCCCO4)CCCCS3)s2)c1. The zero-order valence-electron chi connectivity index (χ0n) is 21.6. The summed E-state index contributed by atoms with van der Waals surface area (Å²) in [5.74, 6) is 0.212. The molecule has 3 N–H and O–H groups in total. The molecule has 2 atom stereocenters. The van der Waals surface area contributed by atoms with Gasteiger partial charge in [-0.1, -0.05) is 18.6 Å². The van der Waals surface area contributed by atoms with Crippen molar-refractivity contribution in [2.45, 2.75) is 56.0 Å². The number of hydrogen-bond donors (Lipinski definition) is 3. The Morgan fingerprint density at radius 1 is 1.08 bits per heavy atom. The molecule has 3 amide bonds. The average molecular weight is 562 g/mol. The number of ether oxygens (including phenoxy) is 2. The van der Waals surface area contributed by atoms with Gasteiger partial charge in [0.15, 0.2) is 6.29 Å². The summed E-state index contributed by atoms with van der Waals surface area (Å²) in [6.45, 7) is 0.439. The lowest BCUT2D eigenvalue weighted by Gasteiger charge is -2.35. The Balaban J connectivity index is 1.40. The van der Waals surface area contributed by atoms with Gasteiger partial charge in [-0.3, -0.25) is 14.4 Å². The molecule has 3 heterocycles. The molecule has 2 aliphatic heterocycles. The van der Waals surface area contributed by atoms with Crippen LogP contribution in [0.25, 0.3) is 10.4 Å². The number of carbonyl (C=O) groups is 3. The molecule has 1 aromatic heterocycles. The third-order valence-electron chi connectivity index (χ3n) is 6.45. The van der Waals surface area contributed by atoms with Crippen LogP contribution in [0.3, 0.4) is 0 Å². The first-order valence-corrected chi connectivity index (χ1v) is 14.7. The Bertz CT molecular complexity index is 1100. The summed E-state index contributed by atoms with van der Waals surface area (Å²) in [6.07, 6.45) is 5.96. The highest BCUT2D eigenvalue weighted by atomic mass is 32.2. The molecule has 2 aliphatic rings. The number of rotatable bonds is 11. The third kappa shape index (κ3) is 8.03. The third-order valence-corrected chi connectivity index (χ3v) is 9.53. The van der Waals surface area contributed by atoms with Crippen molar-refractivity contribution in [2.75, 3.05) is 37.9 Å². The van der Waals surface area contributed by atoms with Crippen LogP contribution < -0.4 is 16.1 Å². The minimum absolute atomic E-state index is 0.0904. The molecular weight excluding hydrogens is 526 g/mol. The number of hydroxylamine groups is 1. The first kappa shape index (κ1) is 28.6. The van der Waals surface area contributed by atoms with Gasteiger partial charge in [-0.25, -0.2) is 10.3 Å². The lowest BCUT2D eigenvalue weighted by Crippen LogP contribution is -2.37. The number of anilines is 1. The zero-order chi connectivity index (χ0) is 26.8. The number of carbonyl (C=O) groups excluding carboxylic acids is 3. The number of amides is 3. The largest absolute Gasteiger partial charge is 0.375 e. The number of nitrogens with one attached hydrogen (secondary N) is 3. The minimum Gasteiger partial charge on any atom is -0.375 e. The predicted molar refractivity (Wildman–Crippen MR) is 149 cm³/mol. The Hall–Kier alpha value is -2.44. The normalized spacial score (nSPS) is 21.4. The predicted octanol–water partition coefficient (Wildman–Crippen LogP) is 4.19. The second kappa shape index (κ2) is 14.1. The molecule has 0 saturated carbocycles. The molecule has 0 radical (unpaired) electrons. The molecule has 206 valence electrons. The van der Waals surface area contributed by atoms with Gasteiger partial charge in [-0.2, -0.15) is 0 Å². The Morgan fingerprint density at radius 3 is 2.74 bits per heavy atom. The van der Waals surface area contributed by atoms with E-state index in [1.807, 2.05) is 36.0 Å². The van der Waals surface area contributed by atoms with E-state index in [-0.39, 0.29) is 41.9 Å². The Morgan fingerprint density at radius 2 is 1.97 bits per heavy atom. The second-order valence-corrected chi connectivity index (χ2v) is 12.0. The van der Waals surface area contributed by atoms with Crippen LogP contribution in [-0.2, 0) is 33.4 Å². The fourth-order valence-electron chi connectivity index (χ4n) is 4.56. The summed E-state index contributed by atoms with van der Waals surface area (Å²) in [6, 6.07) is 11.8. The lowest BCUT2D eigenvalue weighted by molar-refractivity contribution is -0.200. The van der Waals surface area contributed by atoms with E-state index in [0.29, 0.717) is 18.7 Å². The maximum Gasteiger partial charge on any atom is 0.246 e. The van der Waals surface area contributed by atoms with E-state index < -0.39 is 0 Å². The maximum atomic E-state index is 12.9. The summed E-state index contributed by atoms with van der Waals surface area (Å²) in [5.41, 5.74) is 4.25. The van der Waals surface area contributed by atoms with Crippen LogP contribution in [0.5, 0.6) is 0 Å². The van der Waals surface area contributed by atoms with Gasteiger partial charge in [0, 0.05) is 42.0 Å². The van der Waals surface area contributed by atoms with Gasteiger partial charge < -0.3 is 20.1 Å². The molecule has 2 aromatic rings. The van der Waals surface area contributed by atoms with Crippen LogP contribution in [0.4, 0.5) is 5.69 Å². The summed E-state index contributed by atoms with van der Waals surface area (Å²) in [5, 5.41) is 5.34. The highest BCUT2D eigenvalue weighted by molar-refractivity contribution is 8.00. The molecule has 0 aliphatic carbocycles. The molecule has 1 aromatic carbocycles. The van der Waals surface area contributed by atoms with Gasteiger partial charge >= 0.3 is 0 Å². The van der Waals surface area contributed by atoms with Gasteiger partial charge in [0.25, 0.3) is 0 Å². The van der Waals surface area contributed by atoms with Crippen molar-refractivity contribution >= 4 is 46.5 Å². The van der Waals surface area contributed by atoms with Crippen molar-refractivity contribution < 1.29 is 28.7 Å². The molecule has 2 saturated heterocycles. The molecule has 9 nitrogen and oxygen atoms in total. The van der Waals surface area contributed by atoms with Gasteiger partial charge in [-0.05, 0) is 61.3 Å². The summed E-state index contributed by atoms with van der Waals surface area (Å²) in [7, 11) is 1.42. The number of thiophene rings is 1. The molecule has 0 bridgehead atoms. The van der Waals surface area contributed by atoms with Crippen LogP contribution in [0.15, 0.2) is 36.4 Å². The zero-order valence-corrected chi connectivity index (χ0v) is 23.2. The van der Waals surface area contributed by atoms with Crippen molar-refractivity contribution in [1.29, 1.82) is 0 Å². The van der Waals surface area contributed by atoms with Crippen molar-refractivity contribution in [2.24, 2.45) is 0 Å². The molecule has 4 rings (SSSR count). The number of thioether (sulfide) groups is 1. The highest BCUT2D eigenvalue weighted by Gasteiger charge is 2.38. The number of benzene rings is 1. The molecule has 38 heavy (non-hydrogen) atoms. The molecule has 2 fully saturated rings. The van der Waals surface area contributed by atoms with E-state index in [1.54, 1.807) is 11.3 Å². The molecule has 0 spiro atoms. The van der Waals surface area contributed by atoms with Crippen molar-refractivity contribution in [3.63, 3.8) is 0 Å².